The van der Waals surface area contributed by atoms with E-state index in [0.29, 0.717) is 0 Å². The molecule has 0 aromatic heterocycles. The van der Waals surface area contributed by atoms with Crippen molar-refractivity contribution in [2.75, 3.05) is 31.1 Å². The lowest BCUT2D eigenvalue weighted by Gasteiger charge is -2.31. The van der Waals surface area contributed by atoms with Crippen LogP contribution in [0.5, 0.6) is 0 Å². The van der Waals surface area contributed by atoms with E-state index < -0.39 is 10.1 Å². The van der Waals surface area contributed by atoms with E-state index in [9.17, 15) is 13.0 Å². The molecule has 4 aromatic carbocycles. The minimum absolute atomic E-state index is 0.184. The fourth-order valence-electron chi connectivity index (χ4n) is 4.07. The molecule has 35 heavy (non-hydrogen) atoms. The summed E-state index contributed by atoms with van der Waals surface area (Å²) in [4.78, 5) is 5.01. The van der Waals surface area contributed by atoms with Gasteiger partial charge in [-0.05, 0) is 60.5 Å². The zero-order chi connectivity index (χ0) is 24.8. The Bertz CT molecular complexity index is 1410. The van der Waals surface area contributed by atoms with Crippen molar-refractivity contribution >= 4 is 38.3 Å². The molecule has 5 nitrogen and oxygen atoms in total. The molecular formula is C28H29N2O3S2-. The first-order chi connectivity index (χ1) is 16.8. The van der Waals surface area contributed by atoms with Crippen LogP contribution in [0.4, 0.5) is 5.69 Å². The van der Waals surface area contributed by atoms with E-state index in [1.54, 1.807) is 18.2 Å². The van der Waals surface area contributed by atoms with E-state index in [-0.39, 0.29) is 4.90 Å². The van der Waals surface area contributed by atoms with Crippen LogP contribution in [0, 0.1) is 13.8 Å². The fourth-order valence-corrected chi connectivity index (χ4v) is 5.61. The van der Waals surface area contributed by atoms with Crippen molar-refractivity contribution in [3.05, 3.63) is 96.1 Å². The molecular weight excluding hydrogens is 476 g/mol. The van der Waals surface area contributed by atoms with Crippen molar-refractivity contribution in [1.82, 2.24) is 5.32 Å². The van der Waals surface area contributed by atoms with Crippen molar-refractivity contribution in [3.8, 4) is 0 Å². The third-order valence-electron chi connectivity index (χ3n) is 5.88. The number of hydrogen-bond acceptors (Lipinski definition) is 6. The van der Waals surface area contributed by atoms with Gasteiger partial charge in [-0.2, -0.15) is 0 Å². The van der Waals surface area contributed by atoms with Crippen molar-refractivity contribution in [2.45, 2.75) is 28.5 Å². The lowest BCUT2D eigenvalue weighted by molar-refractivity contribution is 0.463. The van der Waals surface area contributed by atoms with Gasteiger partial charge in [0.15, 0.2) is 0 Å². The number of aryl methyl sites for hydroxylation is 2. The van der Waals surface area contributed by atoms with Gasteiger partial charge in [-0.25, -0.2) is 8.42 Å². The predicted molar refractivity (Wildman–Crippen MR) is 143 cm³/mol. The summed E-state index contributed by atoms with van der Waals surface area (Å²) in [5.41, 5.74) is 4.05. The summed E-state index contributed by atoms with van der Waals surface area (Å²) >= 11 is 1.88. The summed E-state index contributed by atoms with van der Waals surface area (Å²) in [6.45, 7) is 8.67. The maximum atomic E-state index is 10.7. The summed E-state index contributed by atoms with van der Waals surface area (Å²) in [5, 5.41) is 5.09. The minimum atomic E-state index is -4.34. The van der Waals surface area contributed by atoms with Crippen molar-refractivity contribution in [1.29, 1.82) is 0 Å². The normalized spacial score (nSPS) is 13.9. The Hall–Kier alpha value is -2.84. The maximum Gasteiger partial charge on any atom is 0.124 e. The molecule has 0 radical (unpaired) electrons. The van der Waals surface area contributed by atoms with Gasteiger partial charge in [-0.1, -0.05) is 71.9 Å². The Balaban J connectivity index is 0.000000179. The fraction of sp³-hybridized carbons (Fsp3) is 0.214. The first-order valence-electron chi connectivity index (χ1n) is 11.6. The number of nitrogens with one attached hydrogen (secondary N) is 1. The first kappa shape index (κ1) is 25.3. The maximum absolute atomic E-state index is 10.7. The largest absolute Gasteiger partial charge is 0.744 e. The quantitative estimate of drug-likeness (QED) is 0.364. The molecule has 5 rings (SSSR count). The molecule has 1 heterocycles. The molecule has 1 fully saturated rings. The molecule has 1 aliphatic rings. The lowest BCUT2D eigenvalue weighted by atomic mass is 10.1. The Morgan fingerprint density at radius 3 is 2.20 bits per heavy atom. The SMILES string of the molecule is Cc1ccc(Sc2ccccc2N2CCNCC2)c(C)c1.O=S(=O)([O-])c1ccc2ccccc2c1. The van der Waals surface area contributed by atoms with Gasteiger partial charge in [0.2, 0.25) is 0 Å². The summed E-state index contributed by atoms with van der Waals surface area (Å²) in [6, 6.07) is 27.1. The number of fused-ring (bicyclic) bond motifs is 1. The van der Waals surface area contributed by atoms with Gasteiger partial charge in [0.05, 0.1) is 10.6 Å². The van der Waals surface area contributed by atoms with Gasteiger partial charge < -0.3 is 14.8 Å². The van der Waals surface area contributed by atoms with Crippen molar-refractivity contribution in [3.63, 3.8) is 0 Å². The summed E-state index contributed by atoms with van der Waals surface area (Å²) < 4.78 is 32.2. The average molecular weight is 506 g/mol. The highest BCUT2D eigenvalue weighted by molar-refractivity contribution is 7.99. The Kier molecular flexibility index (Phi) is 8.13. The Labute approximate surface area is 211 Å². The minimum Gasteiger partial charge on any atom is -0.744 e. The van der Waals surface area contributed by atoms with Gasteiger partial charge in [0, 0.05) is 36.0 Å². The monoisotopic (exact) mass is 505 g/mol. The van der Waals surface area contributed by atoms with E-state index in [1.807, 2.05) is 23.9 Å². The molecule has 0 saturated carbocycles. The van der Waals surface area contributed by atoms with Gasteiger partial charge in [-0.15, -0.1) is 0 Å². The third kappa shape index (κ3) is 6.64. The van der Waals surface area contributed by atoms with Gasteiger partial charge in [0.25, 0.3) is 0 Å². The first-order valence-corrected chi connectivity index (χ1v) is 13.8. The number of benzene rings is 4. The second-order valence-electron chi connectivity index (χ2n) is 8.54. The van der Waals surface area contributed by atoms with Gasteiger partial charge in [-0.3, -0.25) is 0 Å². The van der Waals surface area contributed by atoms with Crippen LogP contribution in [0.1, 0.15) is 11.1 Å². The smallest absolute Gasteiger partial charge is 0.124 e. The highest BCUT2D eigenvalue weighted by atomic mass is 32.2. The number of para-hydroxylation sites is 1. The van der Waals surface area contributed by atoms with Crippen LogP contribution in [0.15, 0.2) is 99.6 Å². The molecule has 0 amide bonds. The zero-order valence-electron chi connectivity index (χ0n) is 19.9. The highest BCUT2D eigenvalue weighted by Crippen LogP contribution is 2.37. The second kappa shape index (κ2) is 11.3. The van der Waals surface area contributed by atoms with E-state index in [2.05, 4.69) is 66.5 Å². The van der Waals surface area contributed by atoms with Crippen molar-refractivity contribution < 1.29 is 13.0 Å². The van der Waals surface area contributed by atoms with Gasteiger partial charge >= 0.3 is 0 Å². The van der Waals surface area contributed by atoms with E-state index >= 15 is 0 Å². The molecule has 0 spiro atoms. The highest BCUT2D eigenvalue weighted by Gasteiger charge is 2.15. The summed E-state index contributed by atoms with van der Waals surface area (Å²) in [5.74, 6) is 0. The molecule has 7 heteroatoms. The van der Waals surface area contributed by atoms with E-state index in [4.69, 9.17) is 0 Å². The number of piperazine rings is 1. The summed E-state index contributed by atoms with van der Waals surface area (Å²) in [7, 11) is -4.34. The average Bonchev–Trinajstić information content (AvgIpc) is 2.86. The van der Waals surface area contributed by atoms with Crippen LogP contribution in [-0.2, 0) is 10.1 Å². The van der Waals surface area contributed by atoms with Gasteiger partial charge in [0.1, 0.15) is 10.1 Å². The molecule has 0 unspecified atom stereocenters. The molecule has 0 atom stereocenters. The topological polar surface area (TPSA) is 72.5 Å². The standard InChI is InChI=1S/C18H22N2S.C10H8O3S/c1-14-7-8-17(15(2)13-14)21-18-6-4-3-5-16(18)20-11-9-19-10-12-20;11-14(12,13)10-6-5-8-3-1-2-4-9(8)7-10/h3-8,13,19H,9-12H2,1-2H3;1-7H,(H,11,12,13)/p-1. The Morgan fingerprint density at radius 2 is 1.49 bits per heavy atom. The third-order valence-corrected chi connectivity index (χ3v) is 7.96. The number of nitrogens with zero attached hydrogens (tertiary/aromatic N) is 1. The van der Waals surface area contributed by atoms with Crippen LogP contribution >= 0.6 is 11.8 Å². The predicted octanol–water partition coefficient (Wildman–Crippen LogP) is 5.61. The molecule has 1 N–H and O–H groups in total. The summed E-state index contributed by atoms with van der Waals surface area (Å²) in [6.07, 6.45) is 0. The molecule has 0 aliphatic carbocycles. The van der Waals surface area contributed by atoms with Crippen LogP contribution < -0.4 is 10.2 Å². The number of rotatable bonds is 4. The second-order valence-corrected chi connectivity index (χ2v) is 11.0. The van der Waals surface area contributed by atoms with Crippen molar-refractivity contribution in [2.24, 2.45) is 0 Å². The van der Waals surface area contributed by atoms with E-state index in [0.717, 1.165) is 37.0 Å². The number of anilines is 1. The lowest BCUT2D eigenvalue weighted by Crippen LogP contribution is -2.43. The van der Waals surface area contributed by atoms with Crippen LogP contribution in [0.2, 0.25) is 0 Å². The van der Waals surface area contributed by atoms with E-state index in [1.165, 1.54) is 38.7 Å². The molecule has 1 saturated heterocycles. The van der Waals surface area contributed by atoms with Crippen LogP contribution in [0.25, 0.3) is 10.8 Å². The molecule has 182 valence electrons. The molecule has 0 bridgehead atoms. The van der Waals surface area contributed by atoms with Crippen LogP contribution in [-0.4, -0.2) is 39.1 Å². The molecule has 4 aromatic rings. The zero-order valence-corrected chi connectivity index (χ0v) is 21.5. The Morgan fingerprint density at radius 1 is 0.800 bits per heavy atom. The van der Waals surface area contributed by atoms with Crippen LogP contribution in [0.3, 0.4) is 0 Å². The molecule has 1 aliphatic heterocycles. The number of hydrogen-bond donors (Lipinski definition) is 1.